The maximum atomic E-state index is 9.02. The van der Waals surface area contributed by atoms with E-state index in [-0.39, 0.29) is 0 Å². The van der Waals surface area contributed by atoms with Crippen LogP contribution in [0.1, 0.15) is 5.56 Å². The van der Waals surface area contributed by atoms with Crippen molar-refractivity contribution in [2.45, 2.75) is 0 Å². The molecule has 0 aliphatic rings. The number of para-hydroxylation sites is 1. The van der Waals surface area contributed by atoms with Crippen molar-refractivity contribution in [2.24, 2.45) is 0 Å². The predicted octanol–water partition coefficient (Wildman–Crippen LogP) is 4.11. The van der Waals surface area contributed by atoms with Crippen LogP contribution in [0.3, 0.4) is 0 Å². The smallest absolute Gasteiger partial charge is 0.153 e. The Kier molecular flexibility index (Phi) is 1.89. The van der Waals surface area contributed by atoms with Gasteiger partial charge in [-0.1, -0.05) is 29.8 Å². The number of halogens is 1. The van der Waals surface area contributed by atoms with E-state index in [0.29, 0.717) is 16.2 Å². The van der Waals surface area contributed by atoms with Crippen LogP contribution in [0.25, 0.3) is 21.9 Å². The molecule has 0 aliphatic heterocycles. The maximum Gasteiger partial charge on any atom is 0.153 e. The van der Waals surface area contributed by atoms with Crippen LogP contribution in [-0.2, 0) is 0 Å². The van der Waals surface area contributed by atoms with Gasteiger partial charge >= 0.3 is 0 Å². The van der Waals surface area contributed by atoms with E-state index >= 15 is 0 Å². The first-order chi connectivity index (χ1) is 7.79. The molecular weight excluding hydrogens is 222 g/mol. The summed E-state index contributed by atoms with van der Waals surface area (Å²) in [7, 11) is 0. The molecule has 0 bridgehead atoms. The molecule has 0 fully saturated rings. The summed E-state index contributed by atoms with van der Waals surface area (Å²) in [5.74, 6) is 0. The first-order valence-electron chi connectivity index (χ1n) is 4.80. The molecular formula is C13H6ClNO. The van der Waals surface area contributed by atoms with Gasteiger partial charge in [0, 0.05) is 15.8 Å². The number of rotatable bonds is 0. The van der Waals surface area contributed by atoms with Gasteiger partial charge in [0.15, 0.2) is 5.58 Å². The molecule has 0 aliphatic carbocycles. The predicted molar refractivity (Wildman–Crippen MR) is 63.4 cm³/mol. The van der Waals surface area contributed by atoms with Crippen LogP contribution < -0.4 is 0 Å². The second-order valence-corrected chi connectivity index (χ2v) is 3.98. The van der Waals surface area contributed by atoms with Gasteiger partial charge in [0.1, 0.15) is 11.7 Å². The lowest BCUT2D eigenvalue weighted by atomic mass is 10.1. The monoisotopic (exact) mass is 227 g/mol. The van der Waals surface area contributed by atoms with Gasteiger partial charge in [-0.2, -0.15) is 5.26 Å². The van der Waals surface area contributed by atoms with Crippen LogP contribution in [0.15, 0.2) is 40.8 Å². The average molecular weight is 228 g/mol. The zero-order chi connectivity index (χ0) is 11.1. The summed E-state index contributed by atoms with van der Waals surface area (Å²) in [5.41, 5.74) is 1.85. The molecule has 0 amide bonds. The summed E-state index contributed by atoms with van der Waals surface area (Å²) >= 11 is 5.97. The average Bonchev–Trinajstić information content (AvgIpc) is 2.67. The minimum absolute atomic E-state index is 0.471. The molecule has 1 aromatic heterocycles. The van der Waals surface area contributed by atoms with Gasteiger partial charge in [-0.15, -0.1) is 0 Å². The first-order valence-corrected chi connectivity index (χ1v) is 5.18. The lowest BCUT2D eigenvalue weighted by Gasteiger charge is -1.93. The zero-order valence-electron chi connectivity index (χ0n) is 8.20. The molecule has 0 atom stereocenters. The van der Waals surface area contributed by atoms with E-state index in [1.807, 2.05) is 30.3 Å². The van der Waals surface area contributed by atoms with Crippen LogP contribution in [-0.4, -0.2) is 0 Å². The van der Waals surface area contributed by atoms with E-state index in [1.165, 1.54) is 0 Å². The quantitative estimate of drug-likeness (QED) is 0.580. The molecule has 2 aromatic carbocycles. The third-order valence-electron chi connectivity index (χ3n) is 2.56. The summed E-state index contributed by atoms with van der Waals surface area (Å²) in [6, 6.07) is 13.2. The second kappa shape index (κ2) is 3.26. The van der Waals surface area contributed by atoms with Gasteiger partial charge in [-0.3, -0.25) is 0 Å². The van der Waals surface area contributed by atoms with Gasteiger partial charge < -0.3 is 4.42 Å². The molecule has 3 heteroatoms. The van der Waals surface area contributed by atoms with E-state index in [1.54, 1.807) is 6.07 Å². The molecule has 3 rings (SSSR count). The summed E-state index contributed by atoms with van der Waals surface area (Å²) in [6.45, 7) is 0. The number of furan rings is 1. The summed E-state index contributed by atoms with van der Waals surface area (Å²) in [5, 5.41) is 11.4. The van der Waals surface area contributed by atoms with Crippen molar-refractivity contribution >= 4 is 33.5 Å². The summed E-state index contributed by atoms with van der Waals surface area (Å²) < 4.78 is 5.65. The largest absolute Gasteiger partial charge is 0.455 e. The van der Waals surface area contributed by atoms with Gasteiger partial charge in [0.05, 0.1) is 5.56 Å². The number of fused-ring (bicyclic) bond motifs is 3. The molecule has 0 saturated heterocycles. The highest BCUT2D eigenvalue weighted by atomic mass is 35.5. The summed E-state index contributed by atoms with van der Waals surface area (Å²) in [6.07, 6.45) is 0. The fraction of sp³-hybridized carbons (Fsp3) is 0. The van der Waals surface area contributed by atoms with Crippen LogP contribution in [0, 0.1) is 11.3 Å². The zero-order valence-corrected chi connectivity index (χ0v) is 8.95. The number of hydrogen-bond acceptors (Lipinski definition) is 2. The molecule has 0 N–H and O–H groups in total. The molecule has 3 aromatic rings. The van der Waals surface area contributed by atoms with Crippen LogP contribution in [0.5, 0.6) is 0 Å². The Morgan fingerprint density at radius 1 is 1.12 bits per heavy atom. The third-order valence-corrected chi connectivity index (χ3v) is 2.78. The first kappa shape index (κ1) is 9.26. The number of benzene rings is 2. The van der Waals surface area contributed by atoms with Crippen molar-refractivity contribution in [3.63, 3.8) is 0 Å². The van der Waals surface area contributed by atoms with Crippen molar-refractivity contribution in [2.75, 3.05) is 0 Å². The van der Waals surface area contributed by atoms with Crippen molar-refractivity contribution in [1.82, 2.24) is 0 Å². The van der Waals surface area contributed by atoms with Gasteiger partial charge in [0.2, 0.25) is 0 Å². The van der Waals surface area contributed by atoms with Gasteiger partial charge in [-0.05, 0) is 18.2 Å². The van der Waals surface area contributed by atoms with E-state index in [0.717, 1.165) is 16.4 Å². The van der Waals surface area contributed by atoms with E-state index < -0.39 is 0 Å². The third kappa shape index (κ3) is 1.19. The standard InChI is InChI=1S/C13H6ClNO/c14-9-5-8(7-15)13-11(6-9)10-3-1-2-4-12(10)16-13/h1-6H. The SMILES string of the molecule is N#Cc1cc(Cl)cc2c1oc1ccccc12. The molecule has 1 heterocycles. The molecule has 0 unspecified atom stereocenters. The Labute approximate surface area is 96.6 Å². The Balaban J connectivity index is 2.60. The normalized spacial score (nSPS) is 10.8. The Morgan fingerprint density at radius 3 is 2.75 bits per heavy atom. The van der Waals surface area contributed by atoms with Crippen LogP contribution in [0.4, 0.5) is 0 Å². The lowest BCUT2D eigenvalue weighted by Crippen LogP contribution is -1.75. The maximum absolute atomic E-state index is 9.02. The van der Waals surface area contributed by atoms with Crippen molar-refractivity contribution in [3.05, 3.63) is 47.0 Å². The highest BCUT2D eigenvalue weighted by molar-refractivity contribution is 6.32. The Morgan fingerprint density at radius 2 is 1.94 bits per heavy atom. The van der Waals surface area contributed by atoms with E-state index in [9.17, 15) is 0 Å². The summed E-state index contributed by atoms with van der Waals surface area (Å²) in [4.78, 5) is 0. The van der Waals surface area contributed by atoms with Crippen molar-refractivity contribution in [3.8, 4) is 6.07 Å². The van der Waals surface area contributed by atoms with Gasteiger partial charge in [-0.25, -0.2) is 0 Å². The highest BCUT2D eigenvalue weighted by Gasteiger charge is 2.11. The molecule has 2 nitrogen and oxygen atoms in total. The number of hydrogen-bond donors (Lipinski definition) is 0. The lowest BCUT2D eigenvalue weighted by molar-refractivity contribution is 0.667. The highest BCUT2D eigenvalue weighted by Crippen LogP contribution is 2.32. The fourth-order valence-electron chi connectivity index (χ4n) is 1.87. The second-order valence-electron chi connectivity index (χ2n) is 3.54. The van der Waals surface area contributed by atoms with Crippen molar-refractivity contribution in [1.29, 1.82) is 5.26 Å². The van der Waals surface area contributed by atoms with Crippen LogP contribution >= 0.6 is 11.6 Å². The Bertz CT molecular complexity index is 737. The van der Waals surface area contributed by atoms with Crippen molar-refractivity contribution < 1.29 is 4.42 Å². The molecule has 0 radical (unpaired) electrons. The molecule has 0 spiro atoms. The number of nitriles is 1. The molecule has 16 heavy (non-hydrogen) atoms. The molecule has 0 saturated carbocycles. The minimum Gasteiger partial charge on any atom is -0.455 e. The van der Waals surface area contributed by atoms with E-state index in [2.05, 4.69) is 6.07 Å². The fourth-order valence-corrected chi connectivity index (χ4v) is 2.09. The minimum atomic E-state index is 0.471. The molecule has 76 valence electrons. The van der Waals surface area contributed by atoms with Crippen LogP contribution in [0.2, 0.25) is 5.02 Å². The topological polar surface area (TPSA) is 36.9 Å². The van der Waals surface area contributed by atoms with E-state index in [4.69, 9.17) is 21.3 Å². The Hall–Kier alpha value is -1.98. The number of nitrogens with zero attached hydrogens (tertiary/aromatic N) is 1. The van der Waals surface area contributed by atoms with Gasteiger partial charge in [0.25, 0.3) is 0 Å².